The van der Waals surface area contributed by atoms with Crippen LogP contribution in [0.1, 0.15) is 27.0 Å². The van der Waals surface area contributed by atoms with Crippen LogP contribution in [0.3, 0.4) is 0 Å². The van der Waals surface area contributed by atoms with Crippen LogP contribution in [-0.4, -0.2) is 23.4 Å². The van der Waals surface area contributed by atoms with Crippen LogP contribution in [0.4, 0.5) is 4.39 Å². The molecule has 0 saturated heterocycles. The van der Waals surface area contributed by atoms with Crippen molar-refractivity contribution in [1.82, 2.24) is 4.90 Å². The maximum Gasteiger partial charge on any atom is 0.342 e. The number of hydrogen-bond donors (Lipinski definition) is 0. The van der Waals surface area contributed by atoms with Crippen molar-refractivity contribution in [2.45, 2.75) is 19.7 Å². The Labute approximate surface area is 209 Å². The minimum Gasteiger partial charge on any atom is -0.488 e. The number of carbonyl (C=O) groups is 2. The molecule has 0 radical (unpaired) electrons. The van der Waals surface area contributed by atoms with Crippen LogP contribution in [0, 0.1) is 5.82 Å². The van der Waals surface area contributed by atoms with Gasteiger partial charge < -0.3 is 14.4 Å². The second-order valence-corrected chi connectivity index (χ2v) is 8.21. The molecule has 36 heavy (non-hydrogen) atoms. The molecule has 0 saturated carbocycles. The molecule has 182 valence electrons. The molecule has 0 aliphatic heterocycles. The predicted octanol–water partition coefficient (Wildman–Crippen LogP) is 5.79. The van der Waals surface area contributed by atoms with Gasteiger partial charge in [0.25, 0.3) is 5.91 Å². The molecule has 0 aliphatic carbocycles. The number of halogens is 1. The van der Waals surface area contributed by atoms with E-state index < -0.39 is 12.6 Å². The van der Waals surface area contributed by atoms with Crippen LogP contribution >= 0.6 is 0 Å². The average Bonchev–Trinajstić information content (AvgIpc) is 2.92. The zero-order valence-corrected chi connectivity index (χ0v) is 19.7. The van der Waals surface area contributed by atoms with Crippen molar-refractivity contribution in [3.63, 3.8) is 0 Å². The number of rotatable bonds is 10. The van der Waals surface area contributed by atoms with Gasteiger partial charge in [-0.1, -0.05) is 84.9 Å². The SMILES string of the molecule is O=C(OCC(=O)N(Cc1ccccc1)Cc1ccccc1)c1ccccc1OCc1ccc(F)cc1. The first kappa shape index (κ1) is 24.7. The van der Waals surface area contributed by atoms with Gasteiger partial charge in [-0.15, -0.1) is 0 Å². The molecule has 0 bridgehead atoms. The van der Waals surface area contributed by atoms with Crippen LogP contribution in [-0.2, 0) is 29.2 Å². The van der Waals surface area contributed by atoms with E-state index in [-0.39, 0.29) is 23.9 Å². The lowest BCUT2D eigenvalue weighted by atomic mass is 10.1. The van der Waals surface area contributed by atoms with E-state index in [1.807, 2.05) is 60.7 Å². The normalized spacial score (nSPS) is 10.5. The molecule has 6 heteroatoms. The van der Waals surface area contributed by atoms with E-state index in [4.69, 9.17) is 9.47 Å². The quantitative estimate of drug-likeness (QED) is 0.268. The predicted molar refractivity (Wildman–Crippen MR) is 135 cm³/mol. The Balaban J connectivity index is 1.40. The van der Waals surface area contributed by atoms with Crippen LogP contribution in [0.5, 0.6) is 5.75 Å². The second-order valence-electron chi connectivity index (χ2n) is 8.21. The molecule has 0 N–H and O–H groups in total. The van der Waals surface area contributed by atoms with Crippen LogP contribution in [0.15, 0.2) is 109 Å². The Hall–Kier alpha value is -4.45. The third-order valence-electron chi connectivity index (χ3n) is 5.53. The molecule has 0 atom stereocenters. The van der Waals surface area contributed by atoms with E-state index >= 15 is 0 Å². The average molecular weight is 484 g/mol. The van der Waals surface area contributed by atoms with Crippen molar-refractivity contribution in [2.24, 2.45) is 0 Å². The summed E-state index contributed by atoms with van der Waals surface area (Å²) < 4.78 is 24.3. The lowest BCUT2D eigenvalue weighted by molar-refractivity contribution is -0.135. The van der Waals surface area contributed by atoms with E-state index in [1.165, 1.54) is 12.1 Å². The summed E-state index contributed by atoms with van der Waals surface area (Å²) in [5.74, 6) is -0.969. The van der Waals surface area contributed by atoms with Crippen LogP contribution in [0.25, 0.3) is 0 Å². The molecule has 0 fully saturated rings. The maximum atomic E-state index is 13.1. The maximum absolute atomic E-state index is 13.1. The molecule has 4 rings (SSSR count). The van der Waals surface area contributed by atoms with E-state index in [0.29, 0.717) is 18.8 Å². The fourth-order valence-corrected chi connectivity index (χ4v) is 3.64. The third-order valence-corrected chi connectivity index (χ3v) is 5.53. The molecule has 4 aromatic rings. The van der Waals surface area contributed by atoms with Gasteiger partial charge in [0.15, 0.2) is 6.61 Å². The van der Waals surface area contributed by atoms with Crippen molar-refractivity contribution in [3.05, 3.63) is 137 Å². The van der Waals surface area contributed by atoms with Gasteiger partial charge >= 0.3 is 5.97 Å². The van der Waals surface area contributed by atoms with Gasteiger partial charge in [-0.05, 0) is 41.0 Å². The number of ether oxygens (including phenoxy) is 2. The van der Waals surface area contributed by atoms with E-state index in [9.17, 15) is 14.0 Å². The molecule has 0 aromatic heterocycles. The summed E-state index contributed by atoms with van der Waals surface area (Å²) >= 11 is 0. The van der Waals surface area contributed by atoms with Crippen molar-refractivity contribution in [2.75, 3.05) is 6.61 Å². The minimum atomic E-state index is -0.655. The number of esters is 1. The zero-order valence-electron chi connectivity index (χ0n) is 19.7. The Bertz CT molecular complexity index is 1240. The number of carbonyl (C=O) groups excluding carboxylic acids is 2. The summed E-state index contributed by atoms with van der Waals surface area (Å²) in [6, 6.07) is 31.9. The number of hydrogen-bond acceptors (Lipinski definition) is 4. The molecule has 0 unspecified atom stereocenters. The highest BCUT2D eigenvalue weighted by molar-refractivity contribution is 5.94. The Morgan fingerprint density at radius 1 is 0.667 bits per heavy atom. The van der Waals surface area contributed by atoms with E-state index in [2.05, 4.69) is 0 Å². The number of nitrogens with zero attached hydrogens (tertiary/aromatic N) is 1. The molecule has 0 aliphatic rings. The van der Waals surface area contributed by atoms with E-state index in [0.717, 1.165) is 16.7 Å². The highest BCUT2D eigenvalue weighted by Crippen LogP contribution is 2.21. The number of amides is 1. The van der Waals surface area contributed by atoms with Crippen LogP contribution < -0.4 is 4.74 Å². The van der Waals surface area contributed by atoms with Crippen LogP contribution in [0.2, 0.25) is 0 Å². The first-order valence-corrected chi connectivity index (χ1v) is 11.6. The van der Waals surface area contributed by atoms with Gasteiger partial charge in [0.1, 0.15) is 23.7 Å². The van der Waals surface area contributed by atoms with Gasteiger partial charge in [-0.25, -0.2) is 9.18 Å². The summed E-state index contributed by atoms with van der Waals surface area (Å²) in [6.45, 7) is 0.545. The summed E-state index contributed by atoms with van der Waals surface area (Å²) in [5.41, 5.74) is 2.93. The second kappa shape index (κ2) is 12.3. The van der Waals surface area contributed by atoms with Crippen molar-refractivity contribution < 1.29 is 23.5 Å². The monoisotopic (exact) mass is 483 g/mol. The highest BCUT2D eigenvalue weighted by atomic mass is 19.1. The smallest absolute Gasteiger partial charge is 0.342 e. The summed E-state index contributed by atoms with van der Waals surface area (Å²) in [5, 5.41) is 0. The Kier molecular flexibility index (Phi) is 8.44. The largest absolute Gasteiger partial charge is 0.488 e. The molecule has 1 amide bonds. The van der Waals surface area contributed by atoms with Gasteiger partial charge in [0, 0.05) is 13.1 Å². The minimum absolute atomic E-state index is 0.158. The van der Waals surface area contributed by atoms with Gasteiger partial charge in [0.2, 0.25) is 0 Å². The molecule has 4 aromatic carbocycles. The summed E-state index contributed by atoms with van der Waals surface area (Å²) in [6.07, 6.45) is 0. The van der Waals surface area contributed by atoms with Crippen molar-refractivity contribution in [1.29, 1.82) is 0 Å². The molecule has 0 heterocycles. The fraction of sp³-hybridized carbons (Fsp3) is 0.133. The molecular weight excluding hydrogens is 457 g/mol. The standard InChI is InChI=1S/C30H26FNO4/c31-26-17-15-25(16-18-26)21-35-28-14-8-7-13-27(28)30(34)36-22-29(33)32(19-23-9-3-1-4-10-23)20-24-11-5-2-6-12-24/h1-18H,19-22H2. The van der Waals surface area contributed by atoms with E-state index in [1.54, 1.807) is 41.3 Å². The first-order valence-electron chi connectivity index (χ1n) is 11.6. The van der Waals surface area contributed by atoms with Gasteiger partial charge in [-0.3, -0.25) is 4.79 Å². The summed E-state index contributed by atoms with van der Waals surface area (Å²) in [4.78, 5) is 27.6. The zero-order chi connectivity index (χ0) is 25.2. The van der Waals surface area contributed by atoms with Gasteiger partial charge in [-0.2, -0.15) is 0 Å². The lowest BCUT2D eigenvalue weighted by Crippen LogP contribution is -2.34. The highest BCUT2D eigenvalue weighted by Gasteiger charge is 2.19. The van der Waals surface area contributed by atoms with Crippen molar-refractivity contribution in [3.8, 4) is 5.75 Å². The van der Waals surface area contributed by atoms with Gasteiger partial charge in [0.05, 0.1) is 0 Å². The fourth-order valence-electron chi connectivity index (χ4n) is 3.64. The first-order chi connectivity index (χ1) is 17.6. The Morgan fingerprint density at radius 2 is 1.22 bits per heavy atom. The molecule has 5 nitrogen and oxygen atoms in total. The van der Waals surface area contributed by atoms with Crippen molar-refractivity contribution >= 4 is 11.9 Å². The molecule has 0 spiro atoms. The summed E-state index contributed by atoms with van der Waals surface area (Å²) in [7, 11) is 0. The topological polar surface area (TPSA) is 55.8 Å². The lowest BCUT2D eigenvalue weighted by Gasteiger charge is -2.23. The Morgan fingerprint density at radius 3 is 1.83 bits per heavy atom. The third kappa shape index (κ3) is 7.03. The number of para-hydroxylation sites is 1. The molecular formula is C30H26FNO4. The number of benzene rings is 4.